The van der Waals surface area contributed by atoms with Crippen molar-refractivity contribution >= 4 is 40.1 Å². The molecule has 9 heteroatoms. The average Bonchev–Trinajstić information content (AvgIpc) is 3.24. The summed E-state index contributed by atoms with van der Waals surface area (Å²) in [5.74, 6) is -0.494. The third kappa shape index (κ3) is 5.00. The van der Waals surface area contributed by atoms with Crippen LogP contribution < -0.4 is 10.9 Å². The number of carbonyl (C=O) groups is 2. The lowest BCUT2D eigenvalue weighted by Crippen LogP contribution is -2.33. The number of nitrogens with zero attached hydrogens (tertiary/aromatic N) is 4. The lowest BCUT2D eigenvalue weighted by molar-refractivity contribution is -0.127. The van der Waals surface area contributed by atoms with Crippen molar-refractivity contribution in [2.75, 3.05) is 11.9 Å². The number of aromatic nitrogens is 2. The number of anilines is 1. The van der Waals surface area contributed by atoms with Crippen LogP contribution in [0.25, 0.3) is 5.69 Å². The Bertz CT molecular complexity index is 1360. The first kappa shape index (κ1) is 24.3. The van der Waals surface area contributed by atoms with Crippen molar-refractivity contribution in [3.8, 4) is 5.69 Å². The maximum absolute atomic E-state index is 13.3. The summed E-state index contributed by atoms with van der Waals surface area (Å²) in [4.78, 5) is 45.1. The molecule has 0 unspecified atom stereocenters. The second-order valence-corrected chi connectivity index (χ2v) is 9.44. The number of thioether (sulfide) groups is 1. The summed E-state index contributed by atoms with van der Waals surface area (Å²) in [6, 6.07) is 16.8. The minimum Gasteiger partial charge on any atom is -0.326 e. The van der Waals surface area contributed by atoms with E-state index in [0.717, 1.165) is 11.3 Å². The molecule has 0 aliphatic carbocycles. The molecule has 2 aromatic carbocycles. The van der Waals surface area contributed by atoms with Crippen molar-refractivity contribution in [2.45, 2.75) is 25.5 Å². The Hall–Kier alpha value is -3.85. The summed E-state index contributed by atoms with van der Waals surface area (Å²) in [6.07, 6.45) is 1.59. The number of amides is 2. The van der Waals surface area contributed by atoms with Gasteiger partial charge in [-0.25, -0.2) is 9.67 Å². The van der Waals surface area contributed by atoms with E-state index in [4.69, 9.17) is 0 Å². The van der Waals surface area contributed by atoms with Crippen LogP contribution in [0.5, 0.6) is 0 Å². The predicted molar refractivity (Wildman–Crippen MR) is 141 cm³/mol. The van der Waals surface area contributed by atoms with E-state index in [1.807, 2.05) is 68.4 Å². The van der Waals surface area contributed by atoms with Gasteiger partial charge in [0.25, 0.3) is 5.56 Å². The van der Waals surface area contributed by atoms with Crippen LogP contribution in [-0.2, 0) is 16.6 Å². The SMILES string of the molecule is C=CCN1C(=O)[C@H](CC(=O)Nc2ccc(C)cc2)SC1=Nc1c(C)n(C)n(-c2ccccc2)c1=O. The van der Waals surface area contributed by atoms with Gasteiger partial charge in [-0.3, -0.25) is 24.0 Å². The van der Waals surface area contributed by atoms with E-state index in [2.05, 4.69) is 16.9 Å². The van der Waals surface area contributed by atoms with Gasteiger partial charge < -0.3 is 5.32 Å². The molecule has 180 valence electrons. The Morgan fingerprint density at radius 1 is 1.11 bits per heavy atom. The number of aryl methyl sites for hydroxylation is 1. The molecule has 1 aliphatic heterocycles. The van der Waals surface area contributed by atoms with Gasteiger partial charge >= 0.3 is 0 Å². The lowest BCUT2D eigenvalue weighted by atomic mass is 10.2. The largest absolute Gasteiger partial charge is 0.326 e. The Balaban J connectivity index is 1.61. The molecule has 1 aliphatic rings. The van der Waals surface area contributed by atoms with Crippen LogP contribution in [-0.4, -0.2) is 43.0 Å². The zero-order chi connectivity index (χ0) is 25.1. The topological polar surface area (TPSA) is 88.7 Å². The molecule has 8 nitrogen and oxygen atoms in total. The third-order valence-corrected chi connectivity index (χ3v) is 6.94. The molecule has 4 rings (SSSR count). The zero-order valence-electron chi connectivity index (χ0n) is 19.9. The fraction of sp³-hybridized carbons (Fsp3) is 0.231. The highest BCUT2D eigenvalue weighted by Gasteiger charge is 2.39. The number of benzene rings is 2. The highest BCUT2D eigenvalue weighted by atomic mass is 32.2. The maximum atomic E-state index is 13.3. The molecule has 1 aromatic heterocycles. The lowest BCUT2D eigenvalue weighted by Gasteiger charge is -2.13. The fourth-order valence-electron chi connectivity index (χ4n) is 3.82. The van der Waals surface area contributed by atoms with Crippen LogP contribution in [0, 0.1) is 13.8 Å². The van der Waals surface area contributed by atoms with Crippen molar-refractivity contribution in [2.24, 2.45) is 12.0 Å². The maximum Gasteiger partial charge on any atom is 0.297 e. The van der Waals surface area contributed by atoms with Gasteiger partial charge in [0.1, 0.15) is 5.25 Å². The summed E-state index contributed by atoms with van der Waals surface area (Å²) in [7, 11) is 1.79. The molecule has 1 fully saturated rings. The standard InChI is InChI=1S/C26H27N5O3S/c1-5-15-30-24(33)21(16-22(32)27-19-13-11-17(2)12-14-19)35-26(30)28-23-18(3)29(4)31(25(23)34)20-9-7-6-8-10-20/h5-14,21H,1,15-16H2,2-4H3,(H,27,32)/t21-/m0/s1. The number of para-hydroxylation sites is 1. The molecule has 0 saturated carbocycles. The minimum absolute atomic E-state index is 0.00788. The van der Waals surface area contributed by atoms with Crippen LogP contribution in [0.1, 0.15) is 17.7 Å². The quantitative estimate of drug-likeness (QED) is 0.509. The Labute approximate surface area is 207 Å². The second-order valence-electron chi connectivity index (χ2n) is 8.27. The molecule has 35 heavy (non-hydrogen) atoms. The first-order chi connectivity index (χ1) is 16.8. The molecule has 2 amide bonds. The predicted octanol–water partition coefficient (Wildman–Crippen LogP) is 3.94. The van der Waals surface area contributed by atoms with Gasteiger partial charge in [-0.1, -0.05) is 53.7 Å². The second kappa shape index (κ2) is 10.2. The van der Waals surface area contributed by atoms with Gasteiger partial charge in [-0.15, -0.1) is 6.58 Å². The molecule has 3 aromatic rings. The number of hydrogen-bond acceptors (Lipinski definition) is 5. The monoisotopic (exact) mass is 489 g/mol. The van der Waals surface area contributed by atoms with Gasteiger partial charge in [0.2, 0.25) is 11.8 Å². The van der Waals surface area contributed by atoms with Crippen molar-refractivity contribution in [3.63, 3.8) is 0 Å². The van der Waals surface area contributed by atoms with Gasteiger partial charge in [0.05, 0.1) is 11.4 Å². The van der Waals surface area contributed by atoms with E-state index in [1.54, 1.807) is 22.5 Å². The van der Waals surface area contributed by atoms with E-state index < -0.39 is 5.25 Å². The average molecular weight is 490 g/mol. The smallest absolute Gasteiger partial charge is 0.297 e. The molecule has 0 bridgehead atoms. The number of hydrogen-bond donors (Lipinski definition) is 1. The molecular formula is C26H27N5O3S. The molecule has 0 radical (unpaired) electrons. The number of nitrogens with one attached hydrogen (secondary N) is 1. The van der Waals surface area contributed by atoms with E-state index in [1.165, 1.54) is 16.7 Å². The molecule has 1 N–H and O–H groups in total. The van der Waals surface area contributed by atoms with Crippen molar-refractivity contribution in [3.05, 3.63) is 88.9 Å². The van der Waals surface area contributed by atoms with Gasteiger partial charge in [-0.2, -0.15) is 0 Å². The van der Waals surface area contributed by atoms with Gasteiger partial charge in [-0.05, 0) is 38.1 Å². The summed E-state index contributed by atoms with van der Waals surface area (Å²) in [5.41, 5.74) is 3.13. The highest BCUT2D eigenvalue weighted by Crippen LogP contribution is 2.32. The Kier molecular flexibility index (Phi) is 7.07. The fourth-order valence-corrected chi connectivity index (χ4v) is 4.97. The Morgan fingerprint density at radius 2 is 1.80 bits per heavy atom. The minimum atomic E-state index is -0.639. The molecule has 0 spiro atoms. The van der Waals surface area contributed by atoms with E-state index in [0.29, 0.717) is 16.5 Å². The van der Waals surface area contributed by atoms with Crippen molar-refractivity contribution < 1.29 is 9.59 Å². The number of aliphatic imine (C=N–C) groups is 1. The van der Waals surface area contributed by atoms with Gasteiger partial charge in [0.15, 0.2) is 10.9 Å². The third-order valence-electron chi connectivity index (χ3n) is 5.77. The van der Waals surface area contributed by atoms with E-state index in [-0.39, 0.29) is 36.0 Å². The zero-order valence-corrected chi connectivity index (χ0v) is 20.7. The normalized spacial score (nSPS) is 16.7. The first-order valence-electron chi connectivity index (χ1n) is 11.2. The number of amidine groups is 1. The first-order valence-corrected chi connectivity index (χ1v) is 12.1. The molecule has 1 atom stereocenters. The van der Waals surface area contributed by atoms with Crippen LogP contribution in [0.2, 0.25) is 0 Å². The van der Waals surface area contributed by atoms with Crippen molar-refractivity contribution in [1.29, 1.82) is 0 Å². The summed E-state index contributed by atoms with van der Waals surface area (Å²) in [5, 5.41) is 2.58. The van der Waals surface area contributed by atoms with Gasteiger partial charge in [0, 0.05) is 25.7 Å². The van der Waals surface area contributed by atoms with Crippen LogP contribution in [0.4, 0.5) is 11.4 Å². The summed E-state index contributed by atoms with van der Waals surface area (Å²) in [6.45, 7) is 7.75. The molecule has 2 heterocycles. The van der Waals surface area contributed by atoms with E-state index >= 15 is 0 Å². The Morgan fingerprint density at radius 3 is 2.46 bits per heavy atom. The highest BCUT2D eigenvalue weighted by molar-refractivity contribution is 8.15. The van der Waals surface area contributed by atoms with E-state index in [9.17, 15) is 14.4 Å². The molecule has 1 saturated heterocycles. The van der Waals surface area contributed by atoms with Crippen molar-refractivity contribution in [1.82, 2.24) is 14.3 Å². The summed E-state index contributed by atoms with van der Waals surface area (Å²) < 4.78 is 3.28. The summed E-state index contributed by atoms with van der Waals surface area (Å²) >= 11 is 1.19. The number of rotatable bonds is 7. The molecular weight excluding hydrogens is 462 g/mol. The van der Waals surface area contributed by atoms with Crippen LogP contribution in [0.3, 0.4) is 0 Å². The van der Waals surface area contributed by atoms with Crippen LogP contribution in [0.15, 0.2) is 77.0 Å². The number of carbonyl (C=O) groups excluding carboxylic acids is 2. The van der Waals surface area contributed by atoms with Crippen LogP contribution >= 0.6 is 11.8 Å².